The number of hydrogen-bond donors (Lipinski definition) is 0. The second-order valence-corrected chi connectivity index (χ2v) is 27.0. The van der Waals surface area contributed by atoms with Crippen LogP contribution in [-0.4, -0.2) is 85.5 Å². The molecule has 25 heteroatoms. The summed E-state index contributed by atoms with van der Waals surface area (Å²) < 4.78 is 58.0. The number of rotatable bonds is 1. The number of fused-ring (bicyclic) bond motifs is 35. The highest BCUT2D eigenvalue weighted by atomic mass is 32.1. The summed E-state index contributed by atoms with van der Waals surface area (Å²) in [4.78, 5) is 43.4. The van der Waals surface area contributed by atoms with E-state index in [0.717, 1.165) is 104 Å². The van der Waals surface area contributed by atoms with E-state index in [1.165, 1.54) is 87.2 Å². The first-order valence-corrected chi connectivity index (χ1v) is 34.4. The zero-order valence-corrected chi connectivity index (χ0v) is 55.5. The van der Waals surface area contributed by atoms with Gasteiger partial charge in [0, 0.05) is 157 Å². The number of benzene rings is 1. The summed E-state index contributed by atoms with van der Waals surface area (Å²) in [5, 5.41) is 1.30. The summed E-state index contributed by atoms with van der Waals surface area (Å²) in [7, 11) is 2.11. The van der Waals surface area contributed by atoms with Crippen LogP contribution in [0.5, 0.6) is 0 Å². The van der Waals surface area contributed by atoms with Gasteiger partial charge in [0.05, 0.1) is 126 Å². The van der Waals surface area contributed by atoms with Gasteiger partial charge < -0.3 is 4.42 Å². The Kier molecular flexibility index (Phi) is 11.5. The van der Waals surface area contributed by atoms with Crippen LogP contribution in [0.2, 0.25) is 0 Å². The molecule has 25 heterocycles. The molecule has 103 heavy (non-hydrogen) atoms. The molecule has 1 aromatic carbocycles. The Morgan fingerprint density at radius 1 is 0.408 bits per heavy atom. The number of oxazole rings is 1. The average molecular weight is 1370 g/mol. The van der Waals surface area contributed by atoms with Crippen LogP contribution in [0.25, 0.3) is 145 Å². The fraction of sp³-hybridized carbons (Fsp3) is 0.0897. The predicted molar refractivity (Wildman–Crippen MR) is 384 cm³/mol. The van der Waals surface area contributed by atoms with Crippen molar-refractivity contribution >= 4 is 94.0 Å². The van der Waals surface area contributed by atoms with Gasteiger partial charge >= 0.3 is 5.89 Å². The summed E-state index contributed by atoms with van der Waals surface area (Å²) in [5.74, 6) is 3.98. The zero-order valence-electron chi connectivity index (χ0n) is 57.7. The molecule has 0 saturated heterocycles. The van der Waals surface area contributed by atoms with E-state index in [1.54, 1.807) is 37.2 Å². The van der Waals surface area contributed by atoms with Gasteiger partial charge in [-0.25, -0.2) is 31.6 Å². The zero-order chi connectivity index (χ0) is 70.2. The van der Waals surface area contributed by atoms with Crippen molar-refractivity contribution in [1.29, 1.82) is 0 Å². The van der Waals surface area contributed by atoms with Gasteiger partial charge in [-0.15, -0.1) is 0 Å². The summed E-state index contributed by atoms with van der Waals surface area (Å²) in [6.07, 6.45) is 46.6. The first-order chi connectivity index (χ1) is 52.1. The molecular weight excluding hydrogens is 1310 g/mol. The van der Waals surface area contributed by atoms with Crippen LogP contribution in [0.15, 0.2) is 250 Å². The molecule has 26 rings (SSSR count). The summed E-state index contributed by atoms with van der Waals surface area (Å²) in [5.41, 5.74) is 28.0. The van der Waals surface area contributed by atoms with E-state index in [0.29, 0.717) is 18.0 Å². The molecule has 20 aromatic heterocycles. The molecule has 0 spiro atoms. The lowest BCUT2D eigenvalue weighted by Gasteiger charge is -2.02. The maximum absolute atomic E-state index is 8.03. The fourth-order valence-corrected chi connectivity index (χ4v) is 17.3. The number of para-hydroxylation sites is 1. The second kappa shape index (κ2) is 21.8. The minimum atomic E-state index is -2.28. The molecule has 0 bridgehead atoms. The van der Waals surface area contributed by atoms with Crippen LogP contribution in [0, 0.1) is 0 Å². The van der Waals surface area contributed by atoms with E-state index in [4.69, 9.17) is 8.53 Å². The monoisotopic (exact) mass is 1370 g/mol. The van der Waals surface area contributed by atoms with Crippen molar-refractivity contribution in [3.05, 3.63) is 274 Å². The van der Waals surface area contributed by atoms with Gasteiger partial charge in [-0.1, -0.05) is 18.2 Å². The van der Waals surface area contributed by atoms with Gasteiger partial charge in [0.2, 0.25) is 17.2 Å². The third-order valence-corrected chi connectivity index (χ3v) is 21.8. The first-order valence-electron chi connectivity index (χ1n) is 35.0. The Bertz CT molecular complexity index is 7090. The van der Waals surface area contributed by atoms with Crippen LogP contribution < -0.4 is 22.8 Å². The lowest BCUT2D eigenvalue weighted by Crippen LogP contribution is -2.31. The van der Waals surface area contributed by atoms with Crippen molar-refractivity contribution in [3.63, 3.8) is 0 Å². The average Bonchev–Trinajstić information content (AvgIpc) is 1.57. The molecule has 0 atom stereocenters. The number of hydrogen-bond acceptors (Lipinski definition) is 12. The normalized spacial score (nSPS) is 13.5. The molecule has 0 unspecified atom stereocenters. The number of aryl methyl sites for hydroxylation is 2. The maximum atomic E-state index is 8.03. The smallest absolute Gasteiger partial charge is 0.380 e. The minimum absolute atomic E-state index is 0.650. The Balaban J connectivity index is 0.0000000830. The molecule has 0 aliphatic carbocycles. The Labute approximate surface area is 590 Å². The van der Waals surface area contributed by atoms with Crippen LogP contribution in [0.3, 0.4) is 0 Å². The molecule has 490 valence electrons. The van der Waals surface area contributed by atoms with Crippen LogP contribution in [-0.2, 0) is 46.7 Å². The van der Waals surface area contributed by atoms with Crippen LogP contribution in [0.4, 0.5) is 0 Å². The quantitative estimate of drug-likeness (QED) is 0.142. The van der Waals surface area contributed by atoms with E-state index in [9.17, 15) is 0 Å². The number of thiazole rings is 1. The molecule has 0 radical (unpaired) electrons. The third-order valence-electron chi connectivity index (χ3n) is 20.6. The molecule has 24 nitrogen and oxygen atoms in total. The third kappa shape index (κ3) is 8.35. The first kappa shape index (κ1) is 54.1. The fourth-order valence-electron chi connectivity index (χ4n) is 16.0. The number of nitrogens with zero attached hydrogens (tertiary/aromatic N) is 23. The SMILES string of the molecule is C[n+]1c2n(c3cc4cnccn4c31)Cc1ccncc1-2.[2H]C([2H])([2H])[n+]1c2n(c3cc4cnccn4c31)Cc1ccncc1-2.c1cc2c(cn1)-c1oc3c(cc4cnccn43)[n+]1C2.c1cc2c(cn1)-c1sc3c(cc4cnccn43)[n+]1C2.c1ccc(-n2c3[n+](c4cc5cnccn5c42)Cc2ccncc2-3)cc1. The van der Waals surface area contributed by atoms with E-state index in [-0.39, 0.29) is 0 Å². The Morgan fingerprint density at radius 3 is 1.50 bits per heavy atom. The summed E-state index contributed by atoms with van der Waals surface area (Å²) in [6.45, 7) is 1.93. The van der Waals surface area contributed by atoms with Gasteiger partial charge in [-0.3, -0.25) is 63.0 Å². The second-order valence-electron chi connectivity index (χ2n) is 26.0. The molecular formula is C78H56N23OS+5. The Morgan fingerprint density at radius 2 is 0.864 bits per heavy atom. The molecule has 0 saturated carbocycles. The highest BCUT2D eigenvalue weighted by molar-refractivity contribution is 7.20. The van der Waals surface area contributed by atoms with Gasteiger partial charge in [-0.05, 0) is 53.8 Å². The molecule has 21 aromatic rings. The molecule has 0 N–H and O–H groups in total. The maximum Gasteiger partial charge on any atom is 0.385 e. The summed E-state index contributed by atoms with van der Waals surface area (Å²) in [6, 6.07) is 31.5. The van der Waals surface area contributed by atoms with Crippen molar-refractivity contribution in [2.45, 2.75) is 32.7 Å². The molecule has 5 aliphatic heterocycles. The van der Waals surface area contributed by atoms with Gasteiger partial charge in [0.25, 0.3) is 39.0 Å². The van der Waals surface area contributed by atoms with Crippen LogP contribution in [0.1, 0.15) is 31.9 Å². The largest absolute Gasteiger partial charge is 0.385 e. The number of imidazole rings is 3. The van der Waals surface area contributed by atoms with Crippen molar-refractivity contribution in [3.8, 4) is 61.9 Å². The predicted octanol–water partition coefficient (Wildman–Crippen LogP) is 10.1. The molecule has 5 aliphatic rings. The van der Waals surface area contributed by atoms with Gasteiger partial charge in [-0.2, -0.15) is 13.7 Å². The van der Waals surface area contributed by atoms with Gasteiger partial charge in [0.1, 0.15) is 28.8 Å². The highest BCUT2D eigenvalue weighted by Crippen LogP contribution is 2.40. The van der Waals surface area contributed by atoms with Crippen LogP contribution >= 0.6 is 11.3 Å². The highest BCUT2D eigenvalue weighted by Gasteiger charge is 2.40. The topological polar surface area (TPSA) is 198 Å². The van der Waals surface area contributed by atoms with Crippen molar-refractivity contribution < 1.29 is 31.4 Å². The lowest BCUT2D eigenvalue weighted by molar-refractivity contribution is -0.649. The van der Waals surface area contributed by atoms with Crippen molar-refractivity contribution in [2.75, 3.05) is 0 Å². The molecule has 0 amide bonds. The van der Waals surface area contributed by atoms with Crippen molar-refractivity contribution in [2.24, 2.45) is 14.0 Å². The van der Waals surface area contributed by atoms with Gasteiger partial charge in [0.15, 0.2) is 34.5 Å². The standard InChI is InChI=1S/C20H14N5.2C15H12N5.C14H9N4O.C14H9N4S/c1-2-4-15(5-3-1)25-19-17-12-21-7-6-14(17)13-24(19)18-10-16-11-22-8-9-23(16)20(18)25;2*1-18-14-12-8-16-3-2-10(12)9-20(14)13-6-11-7-17-4-5-19(11)15(13)18;2*1-2-15-7-11-9(1)8-18-12-5-10-6-16-3-4-17(10)14(12)19-13(11)18/h1-12H,13H2;2*2-8H,9H2,1H3;2*1-7H,8H2/q5*+1/i;1D3;;;. The van der Waals surface area contributed by atoms with E-state index in [1.807, 2.05) is 167 Å². The van der Waals surface area contributed by atoms with E-state index < -0.39 is 6.98 Å². The molecule has 0 fully saturated rings. The van der Waals surface area contributed by atoms with E-state index >= 15 is 0 Å². The number of aromatic nitrogens is 23. The lowest BCUT2D eigenvalue weighted by atomic mass is 10.2. The summed E-state index contributed by atoms with van der Waals surface area (Å²) >= 11 is 1.82. The Hall–Kier alpha value is -13.8. The number of pyridine rings is 5. The van der Waals surface area contributed by atoms with Crippen molar-refractivity contribution in [1.82, 2.24) is 85.5 Å². The minimum Gasteiger partial charge on any atom is -0.380 e. The van der Waals surface area contributed by atoms with E-state index in [2.05, 4.69) is 164 Å².